The van der Waals surface area contributed by atoms with Crippen LogP contribution in [-0.4, -0.2) is 23.3 Å². The predicted molar refractivity (Wildman–Crippen MR) is 114 cm³/mol. The van der Waals surface area contributed by atoms with Crippen LogP contribution in [0.25, 0.3) is 10.2 Å². The molecule has 5 rings (SSSR count). The SMILES string of the molecule is O=C(Nc1ccc2c(c1)N(C(=O)c1cccs1)CC2)c1nc2ccccc2s1. The largest absolute Gasteiger partial charge is 0.320 e. The van der Waals surface area contributed by atoms with Gasteiger partial charge < -0.3 is 10.2 Å². The highest BCUT2D eigenvalue weighted by Crippen LogP contribution is 2.33. The highest BCUT2D eigenvalue weighted by molar-refractivity contribution is 7.20. The molecule has 0 atom stereocenters. The number of aromatic nitrogens is 1. The number of amides is 2. The van der Waals surface area contributed by atoms with E-state index in [4.69, 9.17) is 0 Å². The molecule has 4 aromatic rings. The summed E-state index contributed by atoms with van der Waals surface area (Å²) in [7, 11) is 0. The summed E-state index contributed by atoms with van der Waals surface area (Å²) in [5, 5.41) is 5.24. The Bertz CT molecular complexity index is 1160. The lowest BCUT2D eigenvalue weighted by Gasteiger charge is -2.17. The Morgan fingerprint density at radius 2 is 1.96 bits per heavy atom. The summed E-state index contributed by atoms with van der Waals surface area (Å²) in [6.07, 6.45) is 0.818. The van der Waals surface area contributed by atoms with Crippen LogP contribution in [0.15, 0.2) is 60.0 Å². The van der Waals surface area contributed by atoms with Crippen LogP contribution in [0.5, 0.6) is 0 Å². The summed E-state index contributed by atoms with van der Waals surface area (Å²) in [4.78, 5) is 32.3. The minimum atomic E-state index is -0.240. The van der Waals surface area contributed by atoms with E-state index in [0.717, 1.165) is 32.8 Å². The maximum absolute atomic E-state index is 12.8. The van der Waals surface area contributed by atoms with E-state index in [1.54, 1.807) is 4.90 Å². The molecule has 5 nitrogen and oxygen atoms in total. The van der Waals surface area contributed by atoms with E-state index in [9.17, 15) is 9.59 Å². The van der Waals surface area contributed by atoms with E-state index in [2.05, 4.69) is 10.3 Å². The molecule has 0 spiro atoms. The Hall–Kier alpha value is -3.03. The van der Waals surface area contributed by atoms with E-state index in [-0.39, 0.29) is 11.8 Å². The maximum atomic E-state index is 12.8. The molecule has 0 unspecified atom stereocenters. The van der Waals surface area contributed by atoms with Gasteiger partial charge >= 0.3 is 0 Å². The smallest absolute Gasteiger partial charge is 0.284 e. The van der Waals surface area contributed by atoms with E-state index in [1.165, 1.54) is 22.7 Å². The molecule has 2 aromatic heterocycles. The van der Waals surface area contributed by atoms with Crippen molar-refractivity contribution in [2.45, 2.75) is 6.42 Å². The van der Waals surface area contributed by atoms with Gasteiger partial charge in [0.15, 0.2) is 5.01 Å². The summed E-state index contributed by atoms with van der Waals surface area (Å²) in [5.41, 5.74) is 3.46. The first-order chi connectivity index (χ1) is 13.7. The number of nitrogens with zero attached hydrogens (tertiary/aromatic N) is 2. The van der Waals surface area contributed by atoms with Crippen LogP contribution in [0, 0.1) is 0 Å². The van der Waals surface area contributed by atoms with Gasteiger partial charge in [-0.3, -0.25) is 9.59 Å². The van der Waals surface area contributed by atoms with Gasteiger partial charge in [0.05, 0.1) is 15.1 Å². The molecule has 0 aliphatic carbocycles. The molecular weight excluding hydrogens is 390 g/mol. The number of thiazole rings is 1. The molecule has 7 heteroatoms. The Labute approximate surface area is 169 Å². The molecule has 2 amide bonds. The second kappa shape index (κ2) is 6.85. The van der Waals surface area contributed by atoms with Gasteiger partial charge in [-0.05, 0) is 47.7 Å². The van der Waals surface area contributed by atoms with Crippen molar-refractivity contribution in [1.82, 2.24) is 4.98 Å². The molecule has 28 heavy (non-hydrogen) atoms. The van der Waals surface area contributed by atoms with Gasteiger partial charge in [-0.1, -0.05) is 24.3 Å². The zero-order chi connectivity index (χ0) is 19.1. The number of thiophene rings is 1. The summed E-state index contributed by atoms with van der Waals surface area (Å²) < 4.78 is 0.981. The van der Waals surface area contributed by atoms with Crippen LogP contribution in [0.4, 0.5) is 11.4 Å². The predicted octanol–water partition coefficient (Wildman–Crippen LogP) is 4.81. The number of carbonyl (C=O) groups excluding carboxylic acids is 2. The zero-order valence-electron chi connectivity index (χ0n) is 14.7. The quantitative estimate of drug-likeness (QED) is 0.532. The lowest BCUT2D eigenvalue weighted by atomic mass is 10.1. The Kier molecular flexibility index (Phi) is 4.18. The average molecular weight is 406 g/mol. The second-order valence-corrected chi connectivity index (χ2v) is 8.45. The maximum Gasteiger partial charge on any atom is 0.284 e. The number of hydrogen-bond acceptors (Lipinski definition) is 5. The van der Waals surface area contributed by atoms with Crippen LogP contribution in [-0.2, 0) is 6.42 Å². The van der Waals surface area contributed by atoms with E-state index >= 15 is 0 Å². The third-order valence-corrected chi connectivity index (χ3v) is 6.60. The lowest BCUT2D eigenvalue weighted by molar-refractivity contribution is 0.0991. The van der Waals surface area contributed by atoms with Gasteiger partial charge in [-0.25, -0.2) is 4.98 Å². The molecule has 1 aliphatic rings. The van der Waals surface area contributed by atoms with E-state index in [1.807, 2.05) is 60.0 Å². The number of para-hydroxylation sites is 1. The van der Waals surface area contributed by atoms with Crippen LogP contribution in [0.3, 0.4) is 0 Å². The summed E-state index contributed by atoms with van der Waals surface area (Å²) >= 11 is 2.81. The van der Waals surface area contributed by atoms with Gasteiger partial charge in [0.2, 0.25) is 0 Å². The minimum Gasteiger partial charge on any atom is -0.320 e. The fraction of sp³-hybridized carbons (Fsp3) is 0.0952. The topological polar surface area (TPSA) is 62.3 Å². The summed E-state index contributed by atoms with van der Waals surface area (Å²) in [6.45, 7) is 0.654. The number of hydrogen-bond donors (Lipinski definition) is 1. The number of rotatable bonds is 3. The molecule has 0 saturated heterocycles. The molecular formula is C21H15N3O2S2. The first-order valence-electron chi connectivity index (χ1n) is 8.84. The standard InChI is InChI=1S/C21H15N3O2S2/c25-19(20-23-15-4-1-2-5-17(15)28-20)22-14-8-7-13-9-10-24(16(13)12-14)21(26)18-6-3-11-27-18/h1-8,11-12H,9-10H2,(H,22,25). The van der Waals surface area contributed by atoms with Gasteiger partial charge in [0.1, 0.15) is 0 Å². The summed E-state index contributed by atoms with van der Waals surface area (Å²) in [5.74, 6) is -0.237. The van der Waals surface area contributed by atoms with Crippen LogP contribution in [0.2, 0.25) is 0 Å². The molecule has 0 fully saturated rings. The molecule has 0 saturated carbocycles. The third kappa shape index (κ3) is 2.98. The first kappa shape index (κ1) is 17.1. The van der Waals surface area contributed by atoms with Crippen molar-refractivity contribution in [2.75, 3.05) is 16.8 Å². The second-order valence-electron chi connectivity index (χ2n) is 6.47. The van der Waals surface area contributed by atoms with Crippen molar-refractivity contribution in [3.63, 3.8) is 0 Å². The number of nitrogens with one attached hydrogen (secondary N) is 1. The molecule has 0 radical (unpaired) electrons. The van der Waals surface area contributed by atoms with E-state index < -0.39 is 0 Å². The first-order valence-corrected chi connectivity index (χ1v) is 10.5. The van der Waals surface area contributed by atoms with Crippen LogP contribution >= 0.6 is 22.7 Å². The van der Waals surface area contributed by atoms with Crippen molar-refractivity contribution in [2.24, 2.45) is 0 Å². The van der Waals surface area contributed by atoms with Gasteiger partial charge in [-0.2, -0.15) is 0 Å². The molecule has 1 aliphatic heterocycles. The highest BCUT2D eigenvalue weighted by Gasteiger charge is 2.26. The number of fused-ring (bicyclic) bond motifs is 2. The Morgan fingerprint density at radius 1 is 1.07 bits per heavy atom. The van der Waals surface area contributed by atoms with Gasteiger partial charge in [0.25, 0.3) is 11.8 Å². The van der Waals surface area contributed by atoms with Crippen molar-refractivity contribution in [1.29, 1.82) is 0 Å². The molecule has 1 N–H and O–H groups in total. The van der Waals surface area contributed by atoms with E-state index in [0.29, 0.717) is 17.2 Å². The molecule has 138 valence electrons. The fourth-order valence-corrected chi connectivity index (χ4v) is 4.89. The molecule has 3 heterocycles. The number of anilines is 2. The average Bonchev–Trinajstić information content (AvgIpc) is 3.45. The fourth-order valence-electron chi connectivity index (χ4n) is 3.36. The normalized spacial score (nSPS) is 12.9. The van der Waals surface area contributed by atoms with Crippen molar-refractivity contribution < 1.29 is 9.59 Å². The Balaban J connectivity index is 1.40. The Morgan fingerprint density at radius 3 is 2.79 bits per heavy atom. The third-order valence-electron chi connectivity index (χ3n) is 4.70. The van der Waals surface area contributed by atoms with Crippen LogP contribution < -0.4 is 10.2 Å². The number of carbonyl (C=O) groups is 2. The molecule has 0 bridgehead atoms. The summed E-state index contributed by atoms with van der Waals surface area (Å²) in [6, 6.07) is 17.1. The van der Waals surface area contributed by atoms with Crippen LogP contribution in [0.1, 0.15) is 25.0 Å². The zero-order valence-corrected chi connectivity index (χ0v) is 16.3. The monoisotopic (exact) mass is 405 g/mol. The van der Waals surface area contributed by atoms with Gasteiger partial charge in [0, 0.05) is 17.9 Å². The van der Waals surface area contributed by atoms with Crippen molar-refractivity contribution in [3.8, 4) is 0 Å². The highest BCUT2D eigenvalue weighted by atomic mass is 32.1. The molecule has 2 aromatic carbocycles. The van der Waals surface area contributed by atoms with Gasteiger partial charge in [-0.15, -0.1) is 22.7 Å². The minimum absolute atomic E-state index is 0.00315. The van der Waals surface area contributed by atoms with Crippen molar-refractivity contribution >= 4 is 56.1 Å². The van der Waals surface area contributed by atoms with Crippen molar-refractivity contribution in [3.05, 3.63) is 75.4 Å². The lowest BCUT2D eigenvalue weighted by Crippen LogP contribution is -2.28. The number of benzene rings is 2.